The molecule has 0 aliphatic heterocycles. The van der Waals surface area contributed by atoms with Crippen LogP contribution >= 0.6 is 0 Å². The Hall–Kier alpha value is -4.07. The van der Waals surface area contributed by atoms with Crippen LogP contribution in [0.25, 0.3) is 22.4 Å². The summed E-state index contributed by atoms with van der Waals surface area (Å²) in [7, 11) is 0. The molecule has 2 N–H and O–H groups in total. The number of aromatic nitrogens is 3. The molecule has 0 saturated carbocycles. The molecule has 0 aliphatic carbocycles. The Morgan fingerprint density at radius 3 is 2.24 bits per heavy atom. The van der Waals surface area contributed by atoms with Crippen LogP contribution in [0.2, 0.25) is 0 Å². The predicted octanol–water partition coefficient (Wildman–Crippen LogP) is 6.29. The summed E-state index contributed by atoms with van der Waals surface area (Å²) in [6.07, 6.45) is 5.38. The third kappa shape index (κ3) is 4.90. The summed E-state index contributed by atoms with van der Waals surface area (Å²) in [5, 5.41) is 9.65. The molecule has 0 saturated heterocycles. The quantitative estimate of drug-likeness (QED) is 0.386. The van der Waals surface area contributed by atoms with E-state index in [0.29, 0.717) is 5.69 Å². The van der Waals surface area contributed by atoms with E-state index < -0.39 is 23.4 Å². The molecule has 2 aromatic heterocycles. The van der Waals surface area contributed by atoms with Gasteiger partial charge >= 0.3 is 6.03 Å². The van der Waals surface area contributed by atoms with Gasteiger partial charge in [0.25, 0.3) is 0 Å². The summed E-state index contributed by atoms with van der Waals surface area (Å²) < 4.78 is 29.6. The molecule has 168 valence electrons. The van der Waals surface area contributed by atoms with Crippen LogP contribution in [-0.4, -0.2) is 20.8 Å². The first-order valence-corrected chi connectivity index (χ1v) is 10.4. The molecule has 0 aliphatic rings. The van der Waals surface area contributed by atoms with Gasteiger partial charge in [-0.2, -0.15) is 5.10 Å². The van der Waals surface area contributed by atoms with Crippen molar-refractivity contribution in [1.29, 1.82) is 0 Å². The first-order chi connectivity index (χ1) is 15.7. The van der Waals surface area contributed by atoms with E-state index in [-0.39, 0.29) is 5.54 Å². The molecular formula is C25H23F2N5O. The third-order valence-electron chi connectivity index (χ3n) is 4.99. The molecule has 0 radical (unpaired) electrons. The zero-order valence-electron chi connectivity index (χ0n) is 18.4. The van der Waals surface area contributed by atoms with Crippen molar-refractivity contribution in [2.45, 2.75) is 26.3 Å². The Morgan fingerprint density at radius 1 is 0.909 bits per heavy atom. The Labute approximate surface area is 190 Å². The Bertz CT molecular complexity index is 1280. The second kappa shape index (κ2) is 8.82. The summed E-state index contributed by atoms with van der Waals surface area (Å²) in [4.78, 5) is 16.5. The fraction of sp³-hybridized carbons (Fsp3) is 0.160. The van der Waals surface area contributed by atoms with Crippen LogP contribution in [0.3, 0.4) is 0 Å². The van der Waals surface area contributed by atoms with Gasteiger partial charge in [0.15, 0.2) is 0 Å². The van der Waals surface area contributed by atoms with E-state index in [4.69, 9.17) is 5.10 Å². The van der Waals surface area contributed by atoms with E-state index in [1.807, 2.05) is 29.1 Å². The second-order valence-electron chi connectivity index (χ2n) is 8.50. The average molecular weight is 447 g/mol. The zero-order valence-corrected chi connectivity index (χ0v) is 18.4. The number of hydrogen-bond donors (Lipinski definition) is 2. The Balaban J connectivity index is 1.65. The molecule has 2 aromatic carbocycles. The van der Waals surface area contributed by atoms with Gasteiger partial charge in [-0.25, -0.2) is 13.6 Å². The number of urea groups is 1. The molecule has 33 heavy (non-hydrogen) atoms. The number of amides is 2. The molecule has 4 rings (SSSR count). The monoisotopic (exact) mass is 447 g/mol. The summed E-state index contributed by atoms with van der Waals surface area (Å²) in [5.74, 6) is -1.70. The van der Waals surface area contributed by atoms with Gasteiger partial charge in [0.2, 0.25) is 0 Å². The SMILES string of the molecule is CC(C)(C)n1cc(-c2cccc(NC(=O)Nc3c(F)cccc3F)c2)c(-c2ccncc2)n1. The van der Waals surface area contributed by atoms with E-state index in [0.717, 1.165) is 34.5 Å². The van der Waals surface area contributed by atoms with Crippen LogP contribution in [0.1, 0.15) is 20.8 Å². The highest BCUT2D eigenvalue weighted by Gasteiger charge is 2.20. The van der Waals surface area contributed by atoms with Gasteiger partial charge in [0.05, 0.1) is 5.54 Å². The van der Waals surface area contributed by atoms with Crippen LogP contribution in [0.4, 0.5) is 25.0 Å². The molecule has 6 nitrogen and oxygen atoms in total. The topological polar surface area (TPSA) is 71.8 Å². The maximum Gasteiger partial charge on any atom is 0.323 e. The number of nitrogens with one attached hydrogen (secondary N) is 2. The lowest BCUT2D eigenvalue weighted by Crippen LogP contribution is -2.22. The minimum atomic E-state index is -0.851. The van der Waals surface area contributed by atoms with Crippen LogP contribution < -0.4 is 10.6 Å². The van der Waals surface area contributed by atoms with Gasteiger partial charge in [-0.1, -0.05) is 18.2 Å². The molecule has 0 bridgehead atoms. The van der Waals surface area contributed by atoms with Crippen molar-refractivity contribution in [2.24, 2.45) is 0 Å². The summed E-state index contributed by atoms with van der Waals surface area (Å²) in [6, 6.07) is 13.6. The highest BCUT2D eigenvalue weighted by atomic mass is 19.1. The van der Waals surface area contributed by atoms with Crippen molar-refractivity contribution in [1.82, 2.24) is 14.8 Å². The number of nitrogens with zero attached hydrogens (tertiary/aromatic N) is 3. The average Bonchev–Trinajstić information content (AvgIpc) is 3.23. The number of halogens is 2. The van der Waals surface area contributed by atoms with Crippen LogP contribution in [0.5, 0.6) is 0 Å². The van der Waals surface area contributed by atoms with Crippen molar-refractivity contribution in [3.8, 4) is 22.4 Å². The fourth-order valence-electron chi connectivity index (χ4n) is 3.31. The maximum absolute atomic E-state index is 13.8. The summed E-state index contributed by atoms with van der Waals surface area (Å²) >= 11 is 0. The molecule has 2 amide bonds. The maximum atomic E-state index is 13.8. The van der Waals surface area contributed by atoms with E-state index in [1.54, 1.807) is 30.6 Å². The van der Waals surface area contributed by atoms with E-state index in [1.165, 1.54) is 6.07 Å². The minimum Gasteiger partial charge on any atom is -0.308 e. The van der Waals surface area contributed by atoms with Crippen molar-refractivity contribution in [3.63, 3.8) is 0 Å². The van der Waals surface area contributed by atoms with Crippen molar-refractivity contribution >= 4 is 17.4 Å². The second-order valence-corrected chi connectivity index (χ2v) is 8.50. The molecular weight excluding hydrogens is 424 g/mol. The number of pyridine rings is 1. The van der Waals surface area contributed by atoms with Crippen molar-refractivity contribution in [3.05, 3.63) is 84.8 Å². The number of carbonyl (C=O) groups excluding carboxylic acids is 1. The van der Waals surface area contributed by atoms with Crippen molar-refractivity contribution in [2.75, 3.05) is 10.6 Å². The first-order valence-electron chi connectivity index (χ1n) is 10.4. The molecule has 0 atom stereocenters. The number of benzene rings is 2. The van der Waals surface area contributed by atoms with Crippen molar-refractivity contribution < 1.29 is 13.6 Å². The zero-order chi connectivity index (χ0) is 23.6. The lowest BCUT2D eigenvalue weighted by molar-refractivity contribution is 0.262. The largest absolute Gasteiger partial charge is 0.323 e. The lowest BCUT2D eigenvalue weighted by Gasteiger charge is -2.18. The smallest absolute Gasteiger partial charge is 0.308 e. The van der Waals surface area contributed by atoms with Crippen LogP contribution in [-0.2, 0) is 5.54 Å². The first kappa shape index (κ1) is 22.1. The minimum absolute atomic E-state index is 0.237. The van der Waals surface area contributed by atoms with E-state index >= 15 is 0 Å². The number of anilines is 2. The predicted molar refractivity (Wildman–Crippen MR) is 125 cm³/mol. The van der Waals surface area contributed by atoms with Gasteiger partial charge in [0.1, 0.15) is 23.0 Å². The van der Waals surface area contributed by atoms with Gasteiger partial charge in [-0.3, -0.25) is 9.67 Å². The highest BCUT2D eigenvalue weighted by Crippen LogP contribution is 2.34. The summed E-state index contributed by atoms with van der Waals surface area (Å²) in [6.45, 7) is 6.18. The third-order valence-corrected chi connectivity index (χ3v) is 4.99. The van der Waals surface area contributed by atoms with Gasteiger partial charge < -0.3 is 10.6 Å². The molecule has 0 unspecified atom stereocenters. The molecule has 4 aromatic rings. The molecule has 8 heteroatoms. The Kier molecular flexibility index (Phi) is 5.91. The fourth-order valence-corrected chi connectivity index (χ4v) is 3.31. The highest BCUT2D eigenvalue weighted by molar-refractivity contribution is 6.00. The Morgan fingerprint density at radius 2 is 1.58 bits per heavy atom. The van der Waals surface area contributed by atoms with E-state index in [9.17, 15) is 13.6 Å². The van der Waals surface area contributed by atoms with Gasteiger partial charge in [-0.05, 0) is 62.7 Å². The number of rotatable bonds is 4. The molecule has 2 heterocycles. The normalized spacial score (nSPS) is 11.3. The number of hydrogen-bond acceptors (Lipinski definition) is 3. The van der Waals surface area contributed by atoms with Crippen LogP contribution in [0.15, 0.2) is 73.2 Å². The van der Waals surface area contributed by atoms with Gasteiger partial charge in [-0.15, -0.1) is 0 Å². The number of para-hydroxylation sites is 1. The standard InChI is InChI=1S/C25H23F2N5O/c1-25(2,3)32-15-19(22(31-32)16-10-12-28-13-11-16)17-6-4-7-18(14-17)29-24(33)30-23-20(26)8-5-9-21(23)27/h4-15H,1-3H3,(H2,29,30,33). The van der Waals surface area contributed by atoms with E-state index in [2.05, 4.69) is 36.4 Å². The summed E-state index contributed by atoms with van der Waals surface area (Å²) in [5.41, 5.74) is 3.12. The molecule has 0 spiro atoms. The van der Waals surface area contributed by atoms with Gasteiger partial charge in [0, 0.05) is 35.4 Å². The lowest BCUT2D eigenvalue weighted by atomic mass is 10.0. The molecule has 0 fully saturated rings. The van der Waals surface area contributed by atoms with Crippen LogP contribution in [0, 0.1) is 11.6 Å². The number of carbonyl (C=O) groups is 1.